The number of carbonyl (C=O) groups excluding carboxylic acids is 1. The maximum Gasteiger partial charge on any atom is 0.168 e. The van der Waals surface area contributed by atoms with Crippen molar-refractivity contribution in [1.82, 2.24) is 4.57 Å². The molecule has 3 heteroatoms. The Labute approximate surface area is 167 Å². The van der Waals surface area contributed by atoms with Crippen molar-refractivity contribution < 1.29 is 9.53 Å². The van der Waals surface area contributed by atoms with E-state index < -0.39 is 0 Å². The van der Waals surface area contributed by atoms with Crippen molar-refractivity contribution in [3.63, 3.8) is 0 Å². The predicted molar refractivity (Wildman–Crippen MR) is 114 cm³/mol. The lowest BCUT2D eigenvalue weighted by Crippen LogP contribution is -2.17. The van der Waals surface area contributed by atoms with Crippen molar-refractivity contribution in [2.75, 3.05) is 6.61 Å². The molecular weight excluding hydrogens is 346 g/mol. The van der Waals surface area contributed by atoms with Crippen LogP contribution < -0.4 is 4.74 Å². The maximum absolute atomic E-state index is 13.1. The molecule has 28 heavy (non-hydrogen) atoms. The number of hydrogen-bond acceptors (Lipinski definition) is 2. The minimum Gasteiger partial charge on any atom is -0.493 e. The Morgan fingerprint density at radius 1 is 1.04 bits per heavy atom. The highest BCUT2D eigenvalue weighted by molar-refractivity contribution is 6.09. The Balaban J connectivity index is 1.47. The van der Waals surface area contributed by atoms with Crippen LogP contribution in [0, 0.1) is 12.8 Å². The van der Waals surface area contributed by atoms with Crippen LogP contribution in [-0.2, 0) is 6.54 Å². The van der Waals surface area contributed by atoms with Crippen molar-refractivity contribution in [2.24, 2.45) is 5.92 Å². The van der Waals surface area contributed by atoms with Crippen molar-refractivity contribution in [2.45, 2.75) is 52.0 Å². The molecule has 1 saturated carbocycles. The molecule has 3 nitrogen and oxygen atoms in total. The Bertz CT molecular complexity index is 950. The molecule has 1 aliphatic carbocycles. The van der Waals surface area contributed by atoms with Crippen molar-refractivity contribution in [1.29, 1.82) is 0 Å². The second kappa shape index (κ2) is 8.64. The normalized spacial score (nSPS) is 15.0. The van der Waals surface area contributed by atoms with Gasteiger partial charge in [-0.05, 0) is 43.9 Å². The molecule has 4 rings (SSSR count). The summed E-state index contributed by atoms with van der Waals surface area (Å²) in [4.78, 5) is 13.1. The molecule has 1 aromatic heterocycles. The van der Waals surface area contributed by atoms with E-state index in [4.69, 9.17) is 4.74 Å². The third-order valence-electron chi connectivity index (χ3n) is 5.92. The molecule has 0 unspecified atom stereocenters. The third-order valence-corrected chi connectivity index (χ3v) is 5.92. The fourth-order valence-electron chi connectivity index (χ4n) is 4.35. The standard InChI is InChI=1S/C25H29NO2/c1-19-10-5-8-15-24(19)28-17-9-16-26-18-22(21-13-6-7-14-23(21)26)25(27)20-11-3-2-4-12-20/h5-8,10,13-15,18,20H,2-4,9,11-12,16-17H2,1H3. The lowest BCUT2D eigenvalue weighted by atomic mass is 9.84. The van der Waals surface area contributed by atoms with Gasteiger partial charge in [0.15, 0.2) is 5.78 Å². The Morgan fingerprint density at radius 2 is 1.79 bits per heavy atom. The number of ether oxygens (including phenoxy) is 1. The molecule has 0 amide bonds. The summed E-state index contributed by atoms with van der Waals surface area (Å²) >= 11 is 0. The first kappa shape index (κ1) is 18.8. The molecule has 3 aromatic rings. The van der Waals surface area contributed by atoms with E-state index in [-0.39, 0.29) is 5.92 Å². The van der Waals surface area contributed by atoms with Crippen LogP contribution in [0.2, 0.25) is 0 Å². The summed E-state index contributed by atoms with van der Waals surface area (Å²) in [6, 6.07) is 16.4. The molecule has 1 aliphatic rings. The smallest absolute Gasteiger partial charge is 0.168 e. The summed E-state index contributed by atoms with van der Waals surface area (Å²) < 4.78 is 8.17. The van der Waals surface area contributed by atoms with Gasteiger partial charge >= 0.3 is 0 Å². The quantitative estimate of drug-likeness (QED) is 0.365. The number of para-hydroxylation sites is 2. The minimum absolute atomic E-state index is 0.206. The minimum atomic E-state index is 0.206. The van der Waals surface area contributed by atoms with Gasteiger partial charge < -0.3 is 9.30 Å². The number of fused-ring (bicyclic) bond motifs is 1. The zero-order valence-corrected chi connectivity index (χ0v) is 16.7. The second-order valence-electron chi connectivity index (χ2n) is 7.92. The number of aromatic nitrogens is 1. The number of rotatable bonds is 7. The van der Waals surface area contributed by atoms with Crippen LogP contribution in [0.3, 0.4) is 0 Å². The zero-order chi connectivity index (χ0) is 19.3. The number of ketones is 1. The van der Waals surface area contributed by atoms with Gasteiger partial charge in [0.25, 0.3) is 0 Å². The molecular formula is C25H29NO2. The van der Waals surface area contributed by atoms with Crippen molar-refractivity contribution >= 4 is 16.7 Å². The van der Waals surface area contributed by atoms with Gasteiger partial charge in [-0.2, -0.15) is 0 Å². The zero-order valence-electron chi connectivity index (χ0n) is 16.7. The van der Waals surface area contributed by atoms with E-state index in [1.807, 2.05) is 24.3 Å². The van der Waals surface area contributed by atoms with Gasteiger partial charge in [-0.15, -0.1) is 0 Å². The van der Waals surface area contributed by atoms with Gasteiger partial charge in [0.05, 0.1) is 6.61 Å². The Kier molecular flexibility index (Phi) is 5.80. The first-order valence-corrected chi connectivity index (χ1v) is 10.5. The third kappa shape index (κ3) is 3.99. The molecule has 0 atom stereocenters. The fourth-order valence-corrected chi connectivity index (χ4v) is 4.35. The Morgan fingerprint density at radius 3 is 2.61 bits per heavy atom. The lowest BCUT2D eigenvalue weighted by molar-refractivity contribution is 0.0891. The van der Waals surface area contributed by atoms with Crippen LogP contribution in [0.5, 0.6) is 5.75 Å². The molecule has 0 saturated heterocycles. The lowest BCUT2D eigenvalue weighted by Gasteiger charge is -2.19. The molecule has 0 radical (unpaired) electrons. The van der Waals surface area contributed by atoms with E-state index in [0.717, 1.165) is 53.6 Å². The molecule has 0 bridgehead atoms. The summed E-state index contributed by atoms with van der Waals surface area (Å²) in [7, 11) is 0. The van der Waals surface area contributed by atoms with Crippen LogP contribution in [0.15, 0.2) is 54.7 Å². The van der Waals surface area contributed by atoms with Gasteiger partial charge in [-0.1, -0.05) is 55.7 Å². The van der Waals surface area contributed by atoms with Gasteiger partial charge in [-0.3, -0.25) is 4.79 Å². The molecule has 0 N–H and O–H groups in total. The monoisotopic (exact) mass is 375 g/mol. The number of carbonyl (C=O) groups is 1. The van der Waals surface area contributed by atoms with Crippen molar-refractivity contribution in [3.8, 4) is 5.75 Å². The first-order valence-electron chi connectivity index (χ1n) is 10.5. The first-order chi connectivity index (χ1) is 13.7. The average Bonchev–Trinajstić information content (AvgIpc) is 3.11. The van der Waals surface area contributed by atoms with E-state index in [2.05, 4.69) is 42.0 Å². The average molecular weight is 376 g/mol. The van der Waals surface area contributed by atoms with Crippen LogP contribution in [0.4, 0.5) is 0 Å². The number of hydrogen-bond donors (Lipinski definition) is 0. The number of benzene rings is 2. The van der Waals surface area contributed by atoms with Gasteiger partial charge in [0, 0.05) is 35.1 Å². The topological polar surface area (TPSA) is 31.2 Å². The predicted octanol–water partition coefficient (Wildman–Crippen LogP) is 6.18. The number of aryl methyl sites for hydroxylation is 2. The van der Waals surface area contributed by atoms with Crippen molar-refractivity contribution in [3.05, 3.63) is 65.9 Å². The molecule has 1 heterocycles. The van der Waals surface area contributed by atoms with Gasteiger partial charge in [-0.25, -0.2) is 0 Å². The van der Waals surface area contributed by atoms with Crippen LogP contribution >= 0.6 is 0 Å². The summed E-state index contributed by atoms with van der Waals surface area (Å²) in [5.41, 5.74) is 3.22. The largest absolute Gasteiger partial charge is 0.493 e. The highest BCUT2D eigenvalue weighted by atomic mass is 16.5. The molecule has 0 aliphatic heterocycles. The highest BCUT2D eigenvalue weighted by Gasteiger charge is 2.25. The van der Waals surface area contributed by atoms with Crippen LogP contribution in [0.1, 0.15) is 54.4 Å². The van der Waals surface area contributed by atoms with E-state index in [1.165, 1.54) is 19.3 Å². The Hall–Kier alpha value is -2.55. The van der Waals surface area contributed by atoms with Crippen LogP contribution in [-0.4, -0.2) is 17.0 Å². The summed E-state index contributed by atoms with van der Waals surface area (Å²) in [5.74, 6) is 1.50. The van der Waals surface area contributed by atoms with Gasteiger partial charge in [0.2, 0.25) is 0 Å². The molecule has 146 valence electrons. The van der Waals surface area contributed by atoms with E-state index in [9.17, 15) is 4.79 Å². The van der Waals surface area contributed by atoms with E-state index >= 15 is 0 Å². The second-order valence-corrected chi connectivity index (χ2v) is 7.92. The molecule has 0 spiro atoms. The van der Waals surface area contributed by atoms with E-state index in [1.54, 1.807) is 0 Å². The van der Waals surface area contributed by atoms with E-state index in [0.29, 0.717) is 12.4 Å². The molecule has 1 fully saturated rings. The van der Waals surface area contributed by atoms with Gasteiger partial charge in [0.1, 0.15) is 5.75 Å². The van der Waals surface area contributed by atoms with Crippen LogP contribution in [0.25, 0.3) is 10.9 Å². The fraction of sp³-hybridized carbons (Fsp3) is 0.400. The number of Topliss-reactive ketones (excluding diaryl/α,β-unsaturated/α-hetero) is 1. The SMILES string of the molecule is Cc1ccccc1OCCCn1cc(C(=O)C2CCCCC2)c2ccccc21. The highest BCUT2D eigenvalue weighted by Crippen LogP contribution is 2.30. The summed E-state index contributed by atoms with van der Waals surface area (Å²) in [6.45, 7) is 3.59. The number of nitrogens with zero attached hydrogens (tertiary/aromatic N) is 1. The maximum atomic E-state index is 13.1. The summed E-state index contributed by atoms with van der Waals surface area (Å²) in [6.07, 6.45) is 8.72. The molecule has 2 aromatic carbocycles. The summed E-state index contributed by atoms with van der Waals surface area (Å²) in [5, 5.41) is 1.10.